The minimum absolute atomic E-state index is 0.00868. The summed E-state index contributed by atoms with van der Waals surface area (Å²) in [5, 5.41) is 2.42. The Kier molecular flexibility index (Phi) is 13.4. The van der Waals surface area contributed by atoms with Gasteiger partial charge in [-0.25, -0.2) is 18.4 Å². The predicted molar refractivity (Wildman–Crippen MR) is 170 cm³/mol. The van der Waals surface area contributed by atoms with Crippen molar-refractivity contribution in [2.75, 3.05) is 38.5 Å². The van der Waals surface area contributed by atoms with Crippen molar-refractivity contribution in [1.82, 2.24) is 0 Å². The van der Waals surface area contributed by atoms with Crippen molar-refractivity contribution in [3.8, 4) is 34.5 Å². The first kappa shape index (κ1) is 36.2. The van der Waals surface area contributed by atoms with E-state index in [1.165, 1.54) is 33.3 Å². The number of hydrogen-bond acceptors (Lipinski definition) is 10. The number of amides is 1. The zero-order valence-electron chi connectivity index (χ0n) is 25.1. The third-order valence-electron chi connectivity index (χ3n) is 5.67. The molecule has 3 N–H and O–H groups in total. The number of nitrogens with two attached hydrogens (primary N) is 1. The van der Waals surface area contributed by atoms with E-state index < -0.39 is 29.5 Å². The van der Waals surface area contributed by atoms with Crippen LogP contribution < -0.4 is 30.0 Å². The molecule has 248 valence electrons. The third kappa shape index (κ3) is 10.9. The van der Waals surface area contributed by atoms with E-state index in [1.807, 2.05) is 0 Å². The summed E-state index contributed by atoms with van der Waals surface area (Å²) in [6, 6.07) is 17.8. The van der Waals surface area contributed by atoms with Crippen LogP contribution in [0.5, 0.6) is 34.5 Å². The molecule has 0 aliphatic carbocycles. The fourth-order valence-electron chi connectivity index (χ4n) is 3.45. The molecule has 4 aromatic carbocycles. The summed E-state index contributed by atoms with van der Waals surface area (Å²) in [5.74, 6) is -1.41. The van der Waals surface area contributed by atoms with Gasteiger partial charge in [0, 0.05) is 19.1 Å². The third-order valence-corrected chi connectivity index (χ3v) is 6.26. The molecule has 0 unspecified atom stereocenters. The summed E-state index contributed by atoms with van der Waals surface area (Å²) in [4.78, 5) is 33.5. The predicted octanol–water partition coefficient (Wildman–Crippen LogP) is 7.19. The van der Waals surface area contributed by atoms with Gasteiger partial charge in [0.05, 0.1) is 35.6 Å². The second-order valence-corrected chi connectivity index (χ2v) is 9.89. The summed E-state index contributed by atoms with van der Waals surface area (Å²) in [6.07, 6.45) is 0. The number of benzene rings is 4. The highest BCUT2D eigenvalue weighted by Crippen LogP contribution is 2.38. The summed E-state index contributed by atoms with van der Waals surface area (Å²) in [7, 11) is 2.51. The SMILES string of the molecule is COC(=O)COc1ccccc1Oc1cc(N)c(F)cc1Cl.COC(=O)COc1ccccc1Oc1cc(NC(C)=O)c(F)cc1Cl. The number of ether oxygens (including phenoxy) is 6. The molecule has 0 aliphatic heterocycles. The Morgan fingerprint density at radius 3 is 1.55 bits per heavy atom. The number of para-hydroxylation sites is 4. The van der Waals surface area contributed by atoms with Gasteiger partial charge >= 0.3 is 11.9 Å². The molecule has 11 nitrogen and oxygen atoms in total. The van der Waals surface area contributed by atoms with Gasteiger partial charge in [0.2, 0.25) is 5.91 Å². The molecule has 0 spiro atoms. The average molecular weight is 693 g/mol. The van der Waals surface area contributed by atoms with Gasteiger partial charge < -0.3 is 39.5 Å². The van der Waals surface area contributed by atoms with Gasteiger partial charge in [-0.3, -0.25) is 4.79 Å². The number of halogens is 4. The molecule has 0 aliphatic rings. The molecule has 47 heavy (non-hydrogen) atoms. The van der Waals surface area contributed by atoms with Crippen LogP contribution >= 0.6 is 23.2 Å². The van der Waals surface area contributed by atoms with E-state index in [-0.39, 0.29) is 57.6 Å². The van der Waals surface area contributed by atoms with Crippen LogP contribution in [0.3, 0.4) is 0 Å². The van der Waals surface area contributed by atoms with E-state index in [0.717, 1.165) is 12.1 Å². The van der Waals surface area contributed by atoms with Gasteiger partial charge in [0.1, 0.15) is 23.1 Å². The van der Waals surface area contributed by atoms with Crippen molar-refractivity contribution >= 4 is 52.4 Å². The second kappa shape index (κ2) is 17.4. The number of anilines is 2. The Balaban J connectivity index is 0.000000257. The van der Waals surface area contributed by atoms with Crippen LogP contribution in [0.15, 0.2) is 72.8 Å². The Morgan fingerprint density at radius 1 is 0.681 bits per heavy atom. The maximum Gasteiger partial charge on any atom is 0.343 e. The highest BCUT2D eigenvalue weighted by atomic mass is 35.5. The zero-order valence-corrected chi connectivity index (χ0v) is 26.6. The van der Waals surface area contributed by atoms with Gasteiger partial charge in [-0.1, -0.05) is 47.5 Å². The van der Waals surface area contributed by atoms with E-state index in [9.17, 15) is 23.2 Å². The number of carbonyl (C=O) groups excluding carboxylic acids is 3. The van der Waals surface area contributed by atoms with Crippen LogP contribution in [-0.4, -0.2) is 45.3 Å². The number of carbonyl (C=O) groups is 3. The maximum absolute atomic E-state index is 13.8. The molecule has 4 rings (SSSR count). The number of hydrogen-bond donors (Lipinski definition) is 2. The number of nitrogens with one attached hydrogen (secondary N) is 1. The molecule has 0 fully saturated rings. The van der Waals surface area contributed by atoms with Crippen molar-refractivity contribution in [3.05, 3.63) is 94.5 Å². The topological polar surface area (TPSA) is 145 Å². The zero-order chi connectivity index (χ0) is 34.5. The lowest BCUT2D eigenvalue weighted by Gasteiger charge is -2.14. The molecular weight excluding hydrogens is 665 g/mol. The normalized spacial score (nSPS) is 10.1. The summed E-state index contributed by atoms with van der Waals surface area (Å²) in [6.45, 7) is 0.686. The first-order valence-electron chi connectivity index (χ1n) is 13.4. The molecule has 15 heteroatoms. The highest BCUT2D eigenvalue weighted by molar-refractivity contribution is 6.32. The number of rotatable bonds is 11. The smallest absolute Gasteiger partial charge is 0.343 e. The standard InChI is InChI=1S/C17H15ClFNO5.C15H13ClFNO4/c1-10(21)20-13-8-16(11(18)7-12(13)19)25-15-6-4-3-5-14(15)24-9-17(22)23-2;1-20-15(19)8-21-12-4-2-3-5-13(12)22-14-7-11(18)10(17)6-9(14)16/h3-8H,9H2,1-2H3,(H,20,21);2-7H,8,18H2,1H3. The lowest BCUT2D eigenvalue weighted by atomic mass is 10.2. The minimum atomic E-state index is -0.692. The average Bonchev–Trinajstić information content (AvgIpc) is 3.04. The molecule has 0 atom stereocenters. The quantitative estimate of drug-likeness (QED) is 0.122. The van der Waals surface area contributed by atoms with E-state index in [0.29, 0.717) is 11.5 Å². The Labute approximate surface area is 278 Å². The lowest BCUT2D eigenvalue weighted by molar-refractivity contribution is -0.143. The number of nitrogen functional groups attached to an aromatic ring is 1. The van der Waals surface area contributed by atoms with E-state index >= 15 is 0 Å². The fourth-order valence-corrected chi connectivity index (χ4v) is 3.83. The van der Waals surface area contributed by atoms with E-state index in [1.54, 1.807) is 48.5 Å². The molecular formula is C32H28Cl2F2N2O9. The van der Waals surface area contributed by atoms with E-state index in [4.69, 9.17) is 47.9 Å². The molecule has 0 saturated heterocycles. The molecule has 0 radical (unpaired) electrons. The lowest BCUT2D eigenvalue weighted by Crippen LogP contribution is -2.12. The van der Waals surface area contributed by atoms with E-state index in [2.05, 4.69) is 14.8 Å². The van der Waals surface area contributed by atoms with Crippen molar-refractivity contribution in [1.29, 1.82) is 0 Å². The van der Waals surface area contributed by atoms with Gasteiger partial charge in [-0.15, -0.1) is 0 Å². The van der Waals surface area contributed by atoms with Crippen LogP contribution in [0.25, 0.3) is 0 Å². The number of esters is 2. The van der Waals surface area contributed by atoms with Gasteiger partial charge in [0.15, 0.2) is 36.2 Å². The Bertz CT molecular complexity index is 1740. The Hall–Kier alpha value is -5.27. The van der Waals surface area contributed by atoms with Crippen LogP contribution in [0.2, 0.25) is 10.0 Å². The van der Waals surface area contributed by atoms with Crippen molar-refractivity contribution in [3.63, 3.8) is 0 Å². The Morgan fingerprint density at radius 2 is 1.11 bits per heavy atom. The highest BCUT2D eigenvalue weighted by Gasteiger charge is 2.15. The number of methoxy groups -OCH3 is 2. The summed E-state index contributed by atoms with van der Waals surface area (Å²) < 4.78 is 58.0. The van der Waals surface area contributed by atoms with Gasteiger partial charge in [-0.2, -0.15) is 0 Å². The van der Waals surface area contributed by atoms with Gasteiger partial charge in [-0.05, 0) is 36.4 Å². The summed E-state index contributed by atoms with van der Waals surface area (Å²) in [5.41, 5.74) is 5.33. The van der Waals surface area contributed by atoms with Crippen LogP contribution in [-0.2, 0) is 23.9 Å². The second-order valence-electron chi connectivity index (χ2n) is 9.08. The molecule has 1 amide bonds. The van der Waals surface area contributed by atoms with Crippen molar-refractivity contribution in [2.24, 2.45) is 0 Å². The maximum atomic E-state index is 13.8. The molecule has 0 saturated carbocycles. The summed E-state index contributed by atoms with van der Waals surface area (Å²) >= 11 is 11.9. The van der Waals surface area contributed by atoms with Crippen molar-refractivity contribution < 1.29 is 51.6 Å². The molecule has 0 heterocycles. The molecule has 4 aromatic rings. The van der Waals surface area contributed by atoms with Crippen LogP contribution in [0.1, 0.15) is 6.92 Å². The monoisotopic (exact) mass is 692 g/mol. The van der Waals surface area contributed by atoms with Crippen LogP contribution in [0.4, 0.5) is 20.2 Å². The van der Waals surface area contributed by atoms with Crippen molar-refractivity contribution in [2.45, 2.75) is 6.92 Å². The minimum Gasteiger partial charge on any atom is -0.478 e. The largest absolute Gasteiger partial charge is 0.478 e. The van der Waals surface area contributed by atoms with Gasteiger partial charge in [0.25, 0.3) is 0 Å². The van der Waals surface area contributed by atoms with Crippen LogP contribution in [0, 0.1) is 11.6 Å². The molecule has 0 aromatic heterocycles. The fraction of sp³-hybridized carbons (Fsp3) is 0.156. The molecule has 0 bridgehead atoms. The first-order valence-corrected chi connectivity index (χ1v) is 14.1. The first-order chi connectivity index (χ1) is 22.4.